The van der Waals surface area contributed by atoms with Crippen molar-refractivity contribution in [2.24, 2.45) is 11.7 Å². The Morgan fingerprint density at radius 1 is 1.35 bits per heavy atom. The number of carboxylic acids is 1. The normalized spacial score (nSPS) is 24.3. The van der Waals surface area contributed by atoms with Gasteiger partial charge in [-0.2, -0.15) is 0 Å². The van der Waals surface area contributed by atoms with Crippen molar-refractivity contribution in [2.45, 2.75) is 12.6 Å². The molecule has 5 heteroatoms. The van der Waals surface area contributed by atoms with Crippen LogP contribution in [0.25, 0.3) is 0 Å². The van der Waals surface area contributed by atoms with Crippen LogP contribution < -0.4 is 5.73 Å². The molecule has 17 heavy (non-hydrogen) atoms. The van der Waals surface area contributed by atoms with Gasteiger partial charge in [0.15, 0.2) is 0 Å². The van der Waals surface area contributed by atoms with Crippen molar-refractivity contribution in [2.75, 3.05) is 13.1 Å². The molecule has 0 aliphatic carbocycles. The van der Waals surface area contributed by atoms with Crippen molar-refractivity contribution in [3.05, 3.63) is 35.9 Å². The molecule has 0 amide bonds. The highest BCUT2D eigenvalue weighted by Crippen LogP contribution is 2.18. The van der Waals surface area contributed by atoms with Crippen molar-refractivity contribution < 1.29 is 9.90 Å². The first kappa shape index (κ1) is 14.0. The quantitative estimate of drug-likeness (QED) is 0.845. The number of rotatable bonds is 3. The largest absolute Gasteiger partial charge is 0.481 e. The maximum Gasteiger partial charge on any atom is 0.309 e. The number of nitrogens with zero attached hydrogens (tertiary/aromatic N) is 1. The molecule has 0 spiro atoms. The van der Waals surface area contributed by atoms with E-state index in [9.17, 15) is 4.79 Å². The molecule has 1 aliphatic rings. The Hall–Kier alpha value is -1.10. The predicted octanol–water partition coefficient (Wildman–Crippen LogP) is 0.952. The molecule has 2 rings (SSSR count). The Morgan fingerprint density at radius 2 is 2.00 bits per heavy atom. The van der Waals surface area contributed by atoms with Crippen LogP contribution in [0.3, 0.4) is 0 Å². The Balaban J connectivity index is 0.00000144. The zero-order chi connectivity index (χ0) is 11.5. The summed E-state index contributed by atoms with van der Waals surface area (Å²) in [5.74, 6) is -1.22. The van der Waals surface area contributed by atoms with Gasteiger partial charge in [-0.1, -0.05) is 30.3 Å². The first-order chi connectivity index (χ1) is 7.66. The number of likely N-dealkylation sites (tertiary alicyclic amines) is 1. The summed E-state index contributed by atoms with van der Waals surface area (Å²) in [6, 6.07) is 9.78. The summed E-state index contributed by atoms with van der Waals surface area (Å²) in [4.78, 5) is 13.0. The van der Waals surface area contributed by atoms with E-state index in [-0.39, 0.29) is 18.4 Å². The van der Waals surface area contributed by atoms with E-state index in [4.69, 9.17) is 10.8 Å². The first-order valence-corrected chi connectivity index (χ1v) is 5.41. The molecule has 4 nitrogen and oxygen atoms in total. The standard InChI is InChI=1S/C12H16N2O2.ClH/c13-11-8-14(7-10(11)12(15)16)6-9-4-2-1-3-5-9;/h1-5,10-11H,6-8,13H2,(H,15,16);1H/t10-,11+;/m0./s1. The minimum atomic E-state index is -0.789. The van der Waals surface area contributed by atoms with E-state index < -0.39 is 11.9 Å². The number of nitrogens with two attached hydrogens (primary N) is 1. The van der Waals surface area contributed by atoms with Crippen LogP contribution >= 0.6 is 12.4 Å². The number of aliphatic carboxylic acids is 1. The summed E-state index contributed by atoms with van der Waals surface area (Å²) < 4.78 is 0. The van der Waals surface area contributed by atoms with Crippen LogP contribution in [-0.2, 0) is 11.3 Å². The van der Waals surface area contributed by atoms with Gasteiger partial charge in [-0.25, -0.2) is 0 Å². The van der Waals surface area contributed by atoms with E-state index in [2.05, 4.69) is 4.90 Å². The van der Waals surface area contributed by atoms with Crippen molar-refractivity contribution >= 4 is 18.4 Å². The van der Waals surface area contributed by atoms with Crippen molar-refractivity contribution in [1.29, 1.82) is 0 Å². The van der Waals surface area contributed by atoms with Gasteiger partial charge in [-0.3, -0.25) is 9.69 Å². The minimum absolute atomic E-state index is 0. The highest BCUT2D eigenvalue weighted by atomic mass is 35.5. The summed E-state index contributed by atoms with van der Waals surface area (Å²) >= 11 is 0. The van der Waals surface area contributed by atoms with Gasteiger partial charge in [-0.05, 0) is 5.56 Å². The number of benzene rings is 1. The Labute approximate surface area is 107 Å². The Morgan fingerprint density at radius 3 is 2.53 bits per heavy atom. The highest BCUT2D eigenvalue weighted by Gasteiger charge is 2.34. The first-order valence-electron chi connectivity index (χ1n) is 5.41. The molecule has 3 N–H and O–H groups in total. The van der Waals surface area contributed by atoms with Crippen LogP contribution in [0.1, 0.15) is 5.56 Å². The van der Waals surface area contributed by atoms with Crippen LogP contribution in [0, 0.1) is 5.92 Å². The second-order valence-corrected chi connectivity index (χ2v) is 4.29. The lowest BCUT2D eigenvalue weighted by atomic mass is 10.1. The van der Waals surface area contributed by atoms with Crippen LogP contribution in [-0.4, -0.2) is 35.1 Å². The second-order valence-electron chi connectivity index (χ2n) is 4.29. The van der Waals surface area contributed by atoms with Crippen LogP contribution in [0.2, 0.25) is 0 Å². The molecule has 2 atom stereocenters. The van der Waals surface area contributed by atoms with E-state index in [0.29, 0.717) is 13.1 Å². The van der Waals surface area contributed by atoms with Gasteiger partial charge in [0.1, 0.15) is 0 Å². The number of halogens is 1. The van der Waals surface area contributed by atoms with E-state index >= 15 is 0 Å². The van der Waals surface area contributed by atoms with Gasteiger partial charge in [0.25, 0.3) is 0 Å². The zero-order valence-electron chi connectivity index (χ0n) is 9.45. The van der Waals surface area contributed by atoms with E-state index in [0.717, 1.165) is 6.54 Å². The Kier molecular flexibility index (Phi) is 4.93. The van der Waals surface area contributed by atoms with Crippen LogP contribution in [0.5, 0.6) is 0 Å². The number of carboxylic acid groups (broad SMARTS) is 1. The molecule has 1 aromatic rings. The van der Waals surface area contributed by atoms with Crippen LogP contribution in [0.4, 0.5) is 0 Å². The summed E-state index contributed by atoms with van der Waals surface area (Å²) in [5.41, 5.74) is 7.00. The highest BCUT2D eigenvalue weighted by molar-refractivity contribution is 5.85. The van der Waals surface area contributed by atoms with Crippen LogP contribution in [0.15, 0.2) is 30.3 Å². The minimum Gasteiger partial charge on any atom is -0.481 e. The van der Waals surface area contributed by atoms with Crippen molar-refractivity contribution in [3.63, 3.8) is 0 Å². The maximum absolute atomic E-state index is 10.9. The van der Waals surface area contributed by atoms with Gasteiger partial charge in [-0.15, -0.1) is 12.4 Å². The Bertz CT molecular complexity index is 372. The maximum atomic E-state index is 10.9. The van der Waals surface area contributed by atoms with E-state index in [1.807, 2.05) is 30.3 Å². The smallest absolute Gasteiger partial charge is 0.309 e. The van der Waals surface area contributed by atoms with Gasteiger partial charge in [0, 0.05) is 25.7 Å². The molecule has 1 aliphatic heterocycles. The monoisotopic (exact) mass is 256 g/mol. The number of hydrogen-bond donors (Lipinski definition) is 2. The average Bonchev–Trinajstić information content (AvgIpc) is 2.61. The summed E-state index contributed by atoms with van der Waals surface area (Å²) in [6.07, 6.45) is 0. The third-order valence-electron chi connectivity index (χ3n) is 3.01. The molecule has 94 valence electrons. The van der Waals surface area contributed by atoms with Gasteiger partial charge < -0.3 is 10.8 Å². The van der Waals surface area contributed by atoms with Gasteiger partial charge in [0.05, 0.1) is 5.92 Å². The summed E-state index contributed by atoms with van der Waals surface area (Å²) in [6.45, 7) is 1.98. The average molecular weight is 257 g/mol. The molecule has 0 unspecified atom stereocenters. The number of hydrogen-bond acceptors (Lipinski definition) is 3. The van der Waals surface area contributed by atoms with Crippen molar-refractivity contribution in [1.82, 2.24) is 4.90 Å². The fraction of sp³-hybridized carbons (Fsp3) is 0.417. The molecule has 0 saturated carbocycles. The molecular formula is C12H17ClN2O2. The van der Waals surface area contributed by atoms with Crippen molar-refractivity contribution in [3.8, 4) is 0 Å². The molecule has 0 bridgehead atoms. The molecule has 1 aromatic carbocycles. The van der Waals surface area contributed by atoms with Gasteiger partial charge in [0.2, 0.25) is 0 Å². The summed E-state index contributed by atoms with van der Waals surface area (Å²) in [7, 11) is 0. The topological polar surface area (TPSA) is 66.6 Å². The fourth-order valence-corrected chi connectivity index (χ4v) is 2.15. The molecule has 1 saturated heterocycles. The molecular weight excluding hydrogens is 240 g/mol. The number of carbonyl (C=O) groups is 1. The lowest BCUT2D eigenvalue weighted by Crippen LogP contribution is -2.33. The SMILES string of the molecule is Cl.N[C@@H]1CN(Cc2ccccc2)C[C@@H]1C(=O)O. The lowest BCUT2D eigenvalue weighted by Gasteiger charge is -2.14. The third-order valence-corrected chi connectivity index (χ3v) is 3.01. The molecule has 1 heterocycles. The lowest BCUT2D eigenvalue weighted by molar-refractivity contribution is -0.141. The molecule has 0 radical (unpaired) electrons. The fourth-order valence-electron chi connectivity index (χ4n) is 2.15. The second kappa shape index (κ2) is 6.00. The van der Waals surface area contributed by atoms with E-state index in [1.54, 1.807) is 0 Å². The predicted molar refractivity (Wildman–Crippen MR) is 68.1 cm³/mol. The zero-order valence-corrected chi connectivity index (χ0v) is 10.3. The molecule has 1 fully saturated rings. The third kappa shape index (κ3) is 3.43. The van der Waals surface area contributed by atoms with E-state index in [1.165, 1.54) is 5.56 Å². The molecule has 0 aromatic heterocycles. The summed E-state index contributed by atoms with van der Waals surface area (Å²) in [5, 5.41) is 8.96. The van der Waals surface area contributed by atoms with Gasteiger partial charge >= 0.3 is 5.97 Å².